The summed E-state index contributed by atoms with van der Waals surface area (Å²) in [5.41, 5.74) is 1.11. The highest BCUT2D eigenvalue weighted by Gasteiger charge is 2.22. The molecule has 3 rings (SSSR count). The predicted molar refractivity (Wildman–Crippen MR) is 107 cm³/mol. The maximum Gasteiger partial charge on any atom is 0.343 e. The zero-order valence-corrected chi connectivity index (χ0v) is 16.1. The summed E-state index contributed by atoms with van der Waals surface area (Å²) in [5.74, 6) is 0.545. The molecule has 0 spiro atoms. The molecular weight excluding hydrogens is 386 g/mol. The Morgan fingerprint density at radius 3 is 2.41 bits per heavy atom. The highest BCUT2D eigenvalue weighted by molar-refractivity contribution is 8.26. The van der Waals surface area contributed by atoms with E-state index in [4.69, 9.17) is 26.4 Å². The fourth-order valence-electron chi connectivity index (χ4n) is 2.32. The molecule has 0 unspecified atom stereocenters. The summed E-state index contributed by atoms with van der Waals surface area (Å²) < 4.78 is 16.2. The number of rotatable bonds is 5. The summed E-state index contributed by atoms with van der Waals surface area (Å²) >= 11 is 6.16. The Morgan fingerprint density at radius 1 is 1.07 bits per heavy atom. The Bertz CT molecular complexity index is 938. The average molecular weight is 401 g/mol. The van der Waals surface area contributed by atoms with Gasteiger partial charge in [0.25, 0.3) is 5.91 Å². The van der Waals surface area contributed by atoms with Crippen LogP contribution in [0.4, 0.5) is 0 Å². The number of carbonyl (C=O) groups excluding carboxylic acids is 2. The van der Waals surface area contributed by atoms with Gasteiger partial charge in [0.2, 0.25) is 0 Å². The fraction of sp³-hybridized carbons (Fsp3) is 0.105. The number of hydrogen-bond acceptors (Lipinski definition) is 7. The van der Waals surface area contributed by atoms with Crippen molar-refractivity contribution < 1.29 is 23.8 Å². The third-order valence-corrected chi connectivity index (χ3v) is 4.82. The van der Waals surface area contributed by atoms with E-state index in [1.165, 1.54) is 18.9 Å². The van der Waals surface area contributed by atoms with Crippen LogP contribution in [0.2, 0.25) is 0 Å². The molecule has 1 aliphatic rings. The topological polar surface area (TPSA) is 73.9 Å². The quantitative estimate of drug-likeness (QED) is 0.356. The van der Waals surface area contributed by atoms with Crippen LogP contribution in [0, 0.1) is 0 Å². The molecule has 2 aromatic rings. The first-order chi connectivity index (χ1) is 13.0. The first kappa shape index (κ1) is 18.9. The molecule has 1 heterocycles. The van der Waals surface area contributed by atoms with Crippen LogP contribution in [0.3, 0.4) is 0 Å². The van der Waals surface area contributed by atoms with Crippen LogP contribution in [-0.2, 0) is 4.79 Å². The molecular formula is C19H15NO5S2. The van der Waals surface area contributed by atoms with Crippen LogP contribution in [0.25, 0.3) is 6.08 Å². The number of amides is 1. The van der Waals surface area contributed by atoms with Crippen molar-refractivity contribution in [3.05, 3.63) is 58.5 Å². The van der Waals surface area contributed by atoms with Crippen molar-refractivity contribution in [1.82, 2.24) is 5.32 Å². The minimum absolute atomic E-state index is 0.237. The minimum atomic E-state index is -0.516. The van der Waals surface area contributed by atoms with E-state index in [1.807, 2.05) is 0 Å². The highest BCUT2D eigenvalue weighted by Crippen LogP contribution is 2.32. The number of thiocarbonyl (C=S) groups is 1. The van der Waals surface area contributed by atoms with Gasteiger partial charge in [-0.1, -0.05) is 30.0 Å². The number of carbonyl (C=O) groups is 2. The number of hydrogen-bond donors (Lipinski definition) is 1. The van der Waals surface area contributed by atoms with Crippen molar-refractivity contribution in [2.75, 3.05) is 14.2 Å². The van der Waals surface area contributed by atoms with Crippen molar-refractivity contribution in [3.63, 3.8) is 0 Å². The van der Waals surface area contributed by atoms with E-state index in [2.05, 4.69) is 5.32 Å². The zero-order chi connectivity index (χ0) is 19.4. The Labute approximate surface area is 165 Å². The van der Waals surface area contributed by atoms with Gasteiger partial charge in [0.1, 0.15) is 10.1 Å². The number of nitrogens with one attached hydrogen (secondary N) is 1. The lowest BCUT2D eigenvalue weighted by Gasteiger charge is -2.10. The second kappa shape index (κ2) is 8.24. The van der Waals surface area contributed by atoms with Gasteiger partial charge in [-0.05, 0) is 48.0 Å². The van der Waals surface area contributed by atoms with Crippen molar-refractivity contribution in [3.8, 4) is 17.2 Å². The van der Waals surface area contributed by atoms with Crippen LogP contribution in [0.15, 0.2) is 47.4 Å². The molecule has 0 saturated carbocycles. The second-order valence-electron chi connectivity index (χ2n) is 5.38. The van der Waals surface area contributed by atoms with Crippen molar-refractivity contribution in [1.29, 1.82) is 0 Å². The van der Waals surface area contributed by atoms with Gasteiger partial charge in [-0.15, -0.1) is 0 Å². The van der Waals surface area contributed by atoms with Gasteiger partial charge in [0, 0.05) is 0 Å². The standard InChI is InChI=1S/C19H15NO5S2/c1-23-13-6-4-12(5-7-13)18(22)25-14-8-3-11(9-15(14)24-2)10-16-17(21)20-19(26)27-16/h3-10H,1-2H3,(H,20,21,26). The number of ether oxygens (including phenoxy) is 3. The first-order valence-corrected chi connectivity index (χ1v) is 9.02. The van der Waals surface area contributed by atoms with E-state index in [-0.39, 0.29) is 11.7 Å². The van der Waals surface area contributed by atoms with E-state index in [0.29, 0.717) is 26.3 Å². The molecule has 0 aromatic heterocycles. The Kier molecular flexibility index (Phi) is 5.78. The molecule has 0 atom stereocenters. The number of benzene rings is 2. The van der Waals surface area contributed by atoms with Gasteiger partial charge in [-0.25, -0.2) is 4.79 Å². The van der Waals surface area contributed by atoms with Gasteiger partial charge in [-0.2, -0.15) is 0 Å². The minimum Gasteiger partial charge on any atom is -0.497 e. The Morgan fingerprint density at radius 2 is 1.81 bits per heavy atom. The van der Waals surface area contributed by atoms with E-state index < -0.39 is 5.97 Å². The maximum absolute atomic E-state index is 12.3. The summed E-state index contributed by atoms with van der Waals surface area (Å²) in [4.78, 5) is 24.6. The van der Waals surface area contributed by atoms with Crippen molar-refractivity contribution >= 4 is 46.3 Å². The molecule has 2 aromatic carbocycles. The molecule has 1 N–H and O–H groups in total. The lowest BCUT2D eigenvalue weighted by molar-refractivity contribution is -0.115. The van der Waals surface area contributed by atoms with Gasteiger partial charge in [0.15, 0.2) is 11.5 Å². The normalized spacial score (nSPS) is 14.8. The third kappa shape index (κ3) is 4.47. The summed E-state index contributed by atoms with van der Waals surface area (Å²) in [6.45, 7) is 0. The largest absolute Gasteiger partial charge is 0.497 e. The van der Waals surface area contributed by atoms with Crippen LogP contribution >= 0.6 is 24.0 Å². The van der Waals surface area contributed by atoms with Crippen molar-refractivity contribution in [2.24, 2.45) is 0 Å². The molecule has 0 aliphatic carbocycles. The SMILES string of the molecule is COc1ccc(C(=O)Oc2ccc(C=C3SC(=S)NC3=O)cc2OC)cc1. The molecule has 1 amide bonds. The van der Waals surface area contributed by atoms with Gasteiger partial charge >= 0.3 is 5.97 Å². The molecule has 1 fully saturated rings. The summed E-state index contributed by atoms with van der Waals surface area (Å²) in [6.07, 6.45) is 1.69. The molecule has 6 nitrogen and oxygen atoms in total. The van der Waals surface area contributed by atoms with Crippen LogP contribution in [0.5, 0.6) is 17.2 Å². The summed E-state index contributed by atoms with van der Waals surface area (Å²) in [7, 11) is 3.03. The van der Waals surface area contributed by atoms with Gasteiger partial charge < -0.3 is 19.5 Å². The van der Waals surface area contributed by atoms with Gasteiger partial charge in [-0.3, -0.25) is 4.79 Å². The second-order valence-corrected chi connectivity index (χ2v) is 7.10. The van der Waals surface area contributed by atoms with Crippen LogP contribution < -0.4 is 19.5 Å². The Balaban J connectivity index is 1.80. The molecule has 1 aliphatic heterocycles. The molecule has 27 heavy (non-hydrogen) atoms. The lowest BCUT2D eigenvalue weighted by atomic mass is 10.1. The zero-order valence-electron chi connectivity index (χ0n) is 14.5. The maximum atomic E-state index is 12.3. The molecule has 1 saturated heterocycles. The molecule has 0 radical (unpaired) electrons. The fourth-order valence-corrected chi connectivity index (χ4v) is 3.36. The lowest BCUT2D eigenvalue weighted by Crippen LogP contribution is -2.17. The average Bonchev–Trinajstić information content (AvgIpc) is 2.99. The number of esters is 1. The molecule has 0 bridgehead atoms. The van der Waals surface area contributed by atoms with E-state index in [9.17, 15) is 9.59 Å². The van der Waals surface area contributed by atoms with E-state index >= 15 is 0 Å². The monoisotopic (exact) mass is 401 g/mol. The van der Waals surface area contributed by atoms with Crippen LogP contribution in [0.1, 0.15) is 15.9 Å². The summed E-state index contributed by atoms with van der Waals surface area (Å²) in [6, 6.07) is 11.6. The van der Waals surface area contributed by atoms with E-state index in [0.717, 1.165) is 5.56 Å². The number of thioether (sulfide) groups is 1. The molecule has 138 valence electrons. The third-order valence-electron chi connectivity index (χ3n) is 3.66. The number of methoxy groups -OCH3 is 2. The summed E-state index contributed by atoms with van der Waals surface area (Å²) in [5, 5.41) is 2.56. The highest BCUT2D eigenvalue weighted by atomic mass is 32.2. The first-order valence-electron chi connectivity index (χ1n) is 7.79. The molecule has 8 heteroatoms. The Hall–Kier alpha value is -2.84. The van der Waals surface area contributed by atoms with Gasteiger partial charge in [0.05, 0.1) is 24.7 Å². The van der Waals surface area contributed by atoms with E-state index in [1.54, 1.807) is 55.7 Å². The predicted octanol–water partition coefficient (Wildman–Crippen LogP) is 3.41. The van der Waals surface area contributed by atoms with Crippen molar-refractivity contribution in [2.45, 2.75) is 0 Å². The smallest absolute Gasteiger partial charge is 0.343 e. The van der Waals surface area contributed by atoms with Crippen LogP contribution in [-0.4, -0.2) is 30.4 Å².